The van der Waals surface area contributed by atoms with E-state index in [-0.39, 0.29) is 17.7 Å². The Morgan fingerprint density at radius 2 is 1.92 bits per heavy atom. The Balaban J connectivity index is 1.68. The molecule has 0 aliphatic heterocycles. The van der Waals surface area contributed by atoms with Gasteiger partial charge < -0.3 is 10.6 Å². The number of aryl methyl sites for hydroxylation is 1. The van der Waals surface area contributed by atoms with Gasteiger partial charge in [-0.25, -0.2) is 8.78 Å². The molecular formula is C18H18F2N2O2S. The molecule has 1 aromatic heterocycles. The summed E-state index contributed by atoms with van der Waals surface area (Å²) in [5.41, 5.74) is 1.23. The van der Waals surface area contributed by atoms with Crippen molar-refractivity contribution in [3.8, 4) is 0 Å². The van der Waals surface area contributed by atoms with Crippen LogP contribution in [-0.2, 0) is 4.79 Å². The first-order valence-corrected chi connectivity index (χ1v) is 8.84. The Morgan fingerprint density at radius 3 is 2.56 bits per heavy atom. The van der Waals surface area contributed by atoms with Crippen LogP contribution in [0.15, 0.2) is 24.3 Å². The highest BCUT2D eigenvalue weighted by molar-refractivity contribution is 7.18. The fourth-order valence-electron chi connectivity index (χ4n) is 2.47. The molecule has 25 heavy (non-hydrogen) atoms. The molecule has 3 rings (SSSR count). The highest BCUT2D eigenvalue weighted by Gasteiger charge is 2.30. The molecule has 2 N–H and O–H groups in total. The van der Waals surface area contributed by atoms with Gasteiger partial charge in [-0.2, -0.15) is 0 Å². The highest BCUT2D eigenvalue weighted by Crippen LogP contribution is 2.33. The van der Waals surface area contributed by atoms with E-state index in [0.717, 1.165) is 30.5 Å². The Kier molecular flexibility index (Phi) is 4.85. The van der Waals surface area contributed by atoms with Gasteiger partial charge in [-0.1, -0.05) is 6.07 Å². The second kappa shape index (κ2) is 6.92. The van der Waals surface area contributed by atoms with Crippen LogP contribution in [0.2, 0.25) is 0 Å². The largest absolute Gasteiger partial charge is 0.345 e. The van der Waals surface area contributed by atoms with E-state index >= 15 is 0 Å². The van der Waals surface area contributed by atoms with Crippen molar-refractivity contribution in [3.05, 3.63) is 51.9 Å². The molecule has 1 atom stereocenters. The molecule has 132 valence electrons. The van der Waals surface area contributed by atoms with Crippen LogP contribution in [0.1, 0.15) is 46.6 Å². The lowest BCUT2D eigenvalue weighted by atomic mass is 10.1. The van der Waals surface area contributed by atoms with Crippen molar-refractivity contribution in [2.75, 3.05) is 5.32 Å². The van der Waals surface area contributed by atoms with E-state index in [1.54, 1.807) is 19.9 Å². The second-order valence-corrected chi connectivity index (χ2v) is 7.31. The van der Waals surface area contributed by atoms with Crippen LogP contribution in [0.25, 0.3) is 0 Å². The Labute approximate surface area is 148 Å². The van der Waals surface area contributed by atoms with Crippen molar-refractivity contribution < 1.29 is 18.4 Å². The van der Waals surface area contributed by atoms with Gasteiger partial charge >= 0.3 is 0 Å². The van der Waals surface area contributed by atoms with Crippen molar-refractivity contribution in [1.29, 1.82) is 0 Å². The lowest BCUT2D eigenvalue weighted by Crippen LogP contribution is -2.26. The number of carbonyl (C=O) groups excluding carboxylic acids is 2. The SMILES string of the molecule is Cc1cc(NC(=O)C2CC2)sc1C(=O)NC(C)c1ccc(F)c(F)c1. The van der Waals surface area contributed by atoms with Gasteiger partial charge in [0.15, 0.2) is 11.6 Å². The molecule has 0 saturated heterocycles. The van der Waals surface area contributed by atoms with Crippen molar-refractivity contribution in [2.45, 2.75) is 32.7 Å². The van der Waals surface area contributed by atoms with Crippen molar-refractivity contribution in [1.82, 2.24) is 5.32 Å². The van der Waals surface area contributed by atoms with Crippen LogP contribution >= 0.6 is 11.3 Å². The highest BCUT2D eigenvalue weighted by atomic mass is 32.1. The maximum Gasteiger partial charge on any atom is 0.262 e. The summed E-state index contributed by atoms with van der Waals surface area (Å²) in [5.74, 6) is -2.11. The van der Waals surface area contributed by atoms with E-state index < -0.39 is 17.7 Å². The van der Waals surface area contributed by atoms with E-state index in [1.807, 2.05) is 0 Å². The van der Waals surface area contributed by atoms with E-state index in [2.05, 4.69) is 10.6 Å². The fourth-order valence-corrected chi connectivity index (χ4v) is 3.44. The molecule has 7 heteroatoms. The van der Waals surface area contributed by atoms with Gasteiger partial charge in [0.05, 0.1) is 15.9 Å². The standard InChI is InChI=1S/C18H18F2N2O2S/c1-9-7-15(22-17(23)11-3-4-11)25-16(9)18(24)21-10(2)12-5-6-13(19)14(20)8-12/h5-8,10-11H,3-4H2,1-2H3,(H,21,24)(H,22,23). The fraction of sp³-hybridized carbons (Fsp3) is 0.333. The molecule has 1 aliphatic carbocycles. The number of hydrogen-bond acceptors (Lipinski definition) is 3. The topological polar surface area (TPSA) is 58.2 Å². The molecule has 1 fully saturated rings. The van der Waals surface area contributed by atoms with Crippen LogP contribution in [-0.4, -0.2) is 11.8 Å². The zero-order chi connectivity index (χ0) is 18.1. The van der Waals surface area contributed by atoms with Crippen molar-refractivity contribution in [2.24, 2.45) is 5.92 Å². The summed E-state index contributed by atoms with van der Waals surface area (Å²) in [5, 5.41) is 6.24. The van der Waals surface area contributed by atoms with Gasteiger partial charge in [0, 0.05) is 5.92 Å². The van der Waals surface area contributed by atoms with Gasteiger partial charge in [-0.3, -0.25) is 9.59 Å². The summed E-state index contributed by atoms with van der Waals surface area (Å²) in [7, 11) is 0. The third kappa shape index (κ3) is 4.04. The van der Waals surface area contributed by atoms with E-state index in [1.165, 1.54) is 17.4 Å². The summed E-state index contributed by atoms with van der Waals surface area (Å²) in [6, 6.07) is 4.83. The molecule has 0 bridgehead atoms. The number of nitrogens with one attached hydrogen (secondary N) is 2. The van der Waals surface area contributed by atoms with Crippen LogP contribution in [0.5, 0.6) is 0 Å². The maximum atomic E-state index is 13.3. The molecule has 1 aromatic carbocycles. The van der Waals surface area contributed by atoms with E-state index in [0.29, 0.717) is 15.4 Å². The van der Waals surface area contributed by atoms with Crippen LogP contribution in [0.4, 0.5) is 13.8 Å². The molecule has 1 aliphatic rings. The minimum atomic E-state index is -0.948. The average molecular weight is 364 g/mol. The minimum Gasteiger partial charge on any atom is -0.345 e. The van der Waals surface area contributed by atoms with E-state index in [9.17, 15) is 18.4 Å². The Hall–Kier alpha value is -2.28. The molecule has 2 aromatic rings. The first-order chi connectivity index (χ1) is 11.8. The zero-order valence-electron chi connectivity index (χ0n) is 13.9. The average Bonchev–Trinajstić information content (AvgIpc) is 3.34. The maximum absolute atomic E-state index is 13.3. The Bertz CT molecular complexity index is 830. The smallest absolute Gasteiger partial charge is 0.262 e. The minimum absolute atomic E-state index is 0.0108. The third-order valence-electron chi connectivity index (χ3n) is 4.11. The second-order valence-electron chi connectivity index (χ2n) is 6.26. The molecule has 0 radical (unpaired) electrons. The predicted molar refractivity (Wildman–Crippen MR) is 92.6 cm³/mol. The number of halogens is 2. The van der Waals surface area contributed by atoms with Crippen LogP contribution in [0.3, 0.4) is 0 Å². The van der Waals surface area contributed by atoms with Crippen LogP contribution < -0.4 is 10.6 Å². The Morgan fingerprint density at radius 1 is 1.20 bits per heavy atom. The molecule has 0 spiro atoms. The molecule has 2 amide bonds. The van der Waals surface area contributed by atoms with Gasteiger partial charge in [0.1, 0.15) is 0 Å². The summed E-state index contributed by atoms with van der Waals surface area (Å²) in [4.78, 5) is 24.8. The number of amides is 2. The number of hydrogen-bond donors (Lipinski definition) is 2. The van der Waals surface area contributed by atoms with Crippen molar-refractivity contribution in [3.63, 3.8) is 0 Å². The first-order valence-electron chi connectivity index (χ1n) is 8.02. The van der Waals surface area contributed by atoms with Crippen molar-refractivity contribution >= 4 is 28.2 Å². The summed E-state index contributed by atoms with van der Waals surface area (Å²) >= 11 is 1.21. The zero-order valence-corrected chi connectivity index (χ0v) is 14.7. The number of benzene rings is 1. The van der Waals surface area contributed by atoms with Gasteiger partial charge in [-0.15, -0.1) is 11.3 Å². The van der Waals surface area contributed by atoms with Crippen LogP contribution in [0, 0.1) is 24.5 Å². The molecule has 1 heterocycles. The predicted octanol–water partition coefficient (Wildman–Crippen LogP) is 4.17. The summed E-state index contributed by atoms with van der Waals surface area (Å²) < 4.78 is 26.3. The quantitative estimate of drug-likeness (QED) is 0.836. The van der Waals surface area contributed by atoms with Gasteiger partial charge in [0.25, 0.3) is 5.91 Å². The number of rotatable bonds is 5. The molecule has 1 unspecified atom stereocenters. The van der Waals surface area contributed by atoms with Gasteiger partial charge in [0.2, 0.25) is 5.91 Å². The van der Waals surface area contributed by atoms with Gasteiger partial charge in [-0.05, 0) is 56.0 Å². The summed E-state index contributed by atoms with van der Waals surface area (Å²) in [6.07, 6.45) is 1.82. The number of thiophene rings is 1. The number of anilines is 1. The lowest BCUT2D eigenvalue weighted by molar-refractivity contribution is -0.117. The number of carbonyl (C=O) groups is 2. The molecule has 1 saturated carbocycles. The molecular weight excluding hydrogens is 346 g/mol. The lowest BCUT2D eigenvalue weighted by Gasteiger charge is -2.14. The normalized spacial score (nSPS) is 14.9. The summed E-state index contributed by atoms with van der Waals surface area (Å²) in [6.45, 7) is 3.49. The molecule has 4 nitrogen and oxygen atoms in total. The monoisotopic (exact) mass is 364 g/mol. The van der Waals surface area contributed by atoms with E-state index in [4.69, 9.17) is 0 Å². The first kappa shape index (κ1) is 17.5. The third-order valence-corrected chi connectivity index (χ3v) is 5.26.